The Hall–Kier alpha value is -3.20. The lowest BCUT2D eigenvalue weighted by atomic mass is 9.81. The van der Waals surface area contributed by atoms with Gasteiger partial charge in [0.15, 0.2) is 5.96 Å². The fourth-order valence-electron chi connectivity index (χ4n) is 6.76. The van der Waals surface area contributed by atoms with Gasteiger partial charge in [-0.1, -0.05) is 64.2 Å². The number of carboxylic acid groups (broad SMARTS) is 1. The van der Waals surface area contributed by atoms with Gasteiger partial charge in [-0.3, -0.25) is 9.59 Å². The molecule has 1 aliphatic heterocycles. The summed E-state index contributed by atoms with van der Waals surface area (Å²) in [6.45, 7) is 0.385. The van der Waals surface area contributed by atoms with Crippen molar-refractivity contribution in [2.45, 2.75) is 103 Å². The molecule has 3 N–H and O–H groups in total. The van der Waals surface area contributed by atoms with Gasteiger partial charge in [-0.2, -0.15) is 13.5 Å². The zero-order valence-corrected chi connectivity index (χ0v) is 24.8. The summed E-state index contributed by atoms with van der Waals surface area (Å²) in [5.74, 6) is 1.44. The Bertz CT molecular complexity index is 1200. The van der Waals surface area contributed by atoms with Crippen LogP contribution in [-0.4, -0.2) is 51.4 Å². The van der Waals surface area contributed by atoms with Crippen LogP contribution >= 0.6 is 13.5 Å². The van der Waals surface area contributed by atoms with Crippen molar-refractivity contribution in [2.75, 3.05) is 6.54 Å². The fourth-order valence-corrected chi connectivity index (χ4v) is 6.76. The van der Waals surface area contributed by atoms with Crippen LogP contribution in [0.15, 0.2) is 53.5 Å². The number of carbonyl (C=O) groups is 2. The number of ether oxygens (including phenoxy) is 1. The topological polar surface area (TPSA) is 108 Å². The van der Waals surface area contributed by atoms with Crippen molar-refractivity contribution >= 4 is 37.0 Å². The Morgan fingerprint density at radius 3 is 2.31 bits per heavy atom. The first-order valence-electron chi connectivity index (χ1n) is 15.0. The lowest BCUT2D eigenvalue weighted by Gasteiger charge is -2.41. The summed E-state index contributed by atoms with van der Waals surface area (Å²) in [7, 11) is 0. The minimum absolute atomic E-state index is 0. The monoisotopic (exact) mass is 596 g/mol. The van der Waals surface area contributed by atoms with Crippen LogP contribution < -0.4 is 10.5 Å². The Morgan fingerprint density at radius 1 is 0.976 bits per heavy atom. The van der Waals surface area contributed by atoms with Gasteiger partial charge in [-0.05, 0) is 68.4 Å². The van der Waals surface area contributed by atoms with Gasteiger partial charge in [0.1, 0.15) is 18.0 Å². The van der Waals surface area contributed by atoms with Crippen LogP contribution in [0.3, 0.4) is 0 Å². The maximum absolute atomic E-state index is 13.5. The van der Waals surface area contributed by atoms with Gasteiger partial charge in [0.2, 0.25) is 5.91 Å². The number of rotatable bonds is 10. The molecule has 9 heteroatoms. The van der Waals surface area contributed by atoms with E-state index in [9.17, 15) is 14.7 Å². The standard InChI is InChI=1S/C32H42N4O4.CH4.H2S/c33-32-34-28-17-16-27(40-26-14-8-3-9-15-26)20-24(28)21-36(32)29(23-10-4-1-5-11-23)18-19-30(37)35(22-31(38)39)25-12-6-2-7-13-25;;/h3,8-9,14-17,20,23,25,29H,1-2,4-7,10-13,18-19,21-22H2,(H2,33,34)(H,38,39);1H4;1H2/t29-;;/m0../s1. The average molecular weight is 597 g/mol. The molecule has 0 unspecified atom stereocenters. The number of carbonyl (C=O) groups excluding carboxylic acids is 1. The van der Waals surface area contributed by atoms with Crippen LogP contribution in [0.2, 0.25) is 0 Å². The Labute approximate surface area is 257 Å². The minimum Gasteiger partial charge on any atom is -0.480 e. The third-order valence-electron chi connectivity index (χ3n) is 8.79. The van der Waals surface area contributed by atoms with E-state index in [2.05, 4.69) is 4.90 Å². The van der Waals surface area contributed by atoms with Crippen molar-refractivity contribution in [3.63, 3.8) is 0 Å². The van der Waals surface area contributed by atoms with E-state index in [0.717, 1.165) is 67.7 Å². The lowest BCUT2D eigenvalue weighted by Crippen LogP contribution is -2.50. The van der Waals surface area contributed by atoms with Gasteiger partial charge >= 0.3 is 5.97 Å². The molecule has 2 aromatic rings. The molecule has 2 fully saturated rings. The highest BCUT2D eigenvalue weighted by molar-refractivity contribution is 7.59. The zero-order valence-electron chi connectivity index (χ0n) is 23.8. The van der Waals surface area contributed by atoms with Gasteiger partial charge in [-0.15, -0.1) is 0 Å². The van der Waals surface area contributed by atoms with E-state index in [1.165, 1.54) is 19.3 Å². The van der Waals surface area contributed by atoms with E-state index < -0.39 is 5.97 Å². The molecule has 2 aliphatic carbocycles. The molecule has 8 nitrogen and oxygen atoms in total. The Balaban J connectivity index is 0.00000242. The van der Waals surface area contributed by atoms with Crippen LogP contribution in [-0.2, 0) is 16.1 Å². The summed E-state index contributed by atoms with van der Waals surface area (Å²) in [6, 6.07) is 15.7. The first-order chi connectivity index (χ1) is 19.5. The van der Waals surface area contributed by atoms with E-state index in [4.69, 9.17) is 15.5 Å². The van der Waals surface area contributed by atoms with Gasteiger partial charge < -0.3 is 25.4 Å². The number of nitrogens with two attached hydrogens (primary N) is 1. The quantitative estimate of drug-likeness (QED) is 0.307. The third-order valence-corrected chi connectivity index (χ3v) is 8.79. The van der Waals surface area contributed by atoms with E-state index in [-0.39, 0.29) is 45.5 Å². The first-order valence-corrected chi connectivity index (χ1v) is 15.0. The summed E-state index contributed by atoms with van der Waals surface area (Å²) in [6.07, 6.45) is 11.8. The highest BCUT2D eigenvalue weighted by Crippen LogP contribution is 2.37. The van der Waals surface area contributed by atoms with Crippen molar-refractivity contribution in [3.05, 3.63) is 54.1 Å². The second-order valence-electron chi connectivity index (χ2n) is 11.5. The Morgan fingerprint density at radius 2 is 1.64 bits per heavy atom. The second kappa shape index (κ2) is 15.9. The van der Waals surface area contributed by atoms with Gasteiger partial charge in [0.25, 0.3) is 0 Å². The maximum Gasteiger partial charge on any atom is 0.323 e. The van der Waals surface area contributed by atoms with Crippen LogP contribution in [0.5, 0.6) is 11.5 Å². The number of benzene rings is 2. The number of aliphatic imine (C=N–C) groups is 1. The molecule has 230 valence electrons. The van der Waals surface area contributed by atoms with Crippen molar-refractivity contribution in [2.24, 2.45) is 16.6 Å². The first kappa shape index (κ1) is 33.3. The molecule has 2 saturated carbocycles. The zero-order chi connectivity index (χ0) is 27.9. The molecule has 0 radical (unpaired) electrons. The second-order valence-corrected chi connectivity index (χ2v) is 11.5. The van der Waals surface area contributed by atoms with Crippen LogP contribution in [0.25, 0.3) is 0 Å². The number of para-hydroxylation sites is 1. The number of aliphatic carboxylic acids is 1. The fraction of sp³-hybridized carbons (Fsp3) is 0.545. The van der Waals surface area contributed by atoms with Gasteiger partial charge in [-0.25, -0.2) is 4.99 Å². The molecular weight excluding hydrogens is 548 g/mol. The van der Waals surface area contributed by atoms with Crippen LogP contribution in [0, 0.1) is 5.92 Å². The predicted octanol–water partition coefficient (Wildman–Crippen LogP) is 6.96. The molecule has 1 heterocycles. The number of fused-ring (bicyclic) bond motifs is 1. The molecular formula is C33H48N4O4S. The molecule has 42 heavy (non-hydrogen) atoms. The number of hydrogen-bond donors (Lipinski definition) is 2. The van der Waals surface area contributed by atoms with Gasteiger partial charge in [0, 0.05) is 30.6 Å². The van der Waals surface area contributed by atoms with E-state index in [1.807, 2.05) is 48.5 Å². The molecule has 5 rings (SSSR count). The number of nitrogens with zero attached hydrogens (tertiary/aromatic N) is 3. The van der Waals surface area contributed by atoms with Crippen molar-refractivity contribution in [1.29, 1.82) is 0 Å². The van der Waals surface area contributed by atoms with E-state index in [1.54, 1.807) is 4.90 Å². The minimum atomic E-state index is -0.944. The summed E-state index contributed by atoms with van der Waals surface area (Å²) in [4.78, 5) is 33.7. The highest BCUT2D eigenvalue weighted by atomic mass is 32.1. The average Bonchev–Trinajstić information content (AvgIpc) is 2.97. The van der Waals surface area contributed by atoms with Crippen molar-refractivity contribution in [3.8, 4) is 11.5 Å². The van der Waals surface area contributed by atoms with Crippen LogP contribution in [0.1, 0.15) is 90.0 Å². The SMILES string of the molecule is C.NC1=Nc2ccc(Oc3ccccc3)cc2CN1[C@@H](CCC(=O)N(CC(=O)O)C1CCCCC1)C1CCCCC1.S. The predicted molar refractivity (Wildman–Crippen MR) is 173 cm³/mol. The van der Waals surface area contributed by atoms with Crippen LogP contribution in [0.4, 0.5) is 5.69 Å². The normalized spacial score (nSPS) is 18.0. The van der Waals surface area contributed by atoms with E-state index in [0.29, 0.717) is 31.3 Å². The third kappa shape index (κ3) is 8.43. The maximum atomic E-state index is 13.5. The molecule has 1 amide bonds. The molecule has 0 saturated heterocycles. The summed E-state index contributed by atoms with van der Waals surface area (Å²) in [5, 5.41) is 9.55. The smallest absolute Gasteiger partial charge is 0.323 e. The van der Waals surface area contributed by atoms with Crippen molar-refractivity contribution in [1.82, 2.24) is 9.80 Å². The summed E-state index contributed by atoms with van der Waals surface area (Å²) in [5.41, 5.74) is 8.47. The molecule has 0 bridgehead atoms. The van der Waals surface area contributed by atoms with Gasteiger partial charge in [0.05, 0.1) is 5.69 Å². The van der Waals surface area contributed by atoms with Crippen molar-refractivity contribution < 1.29 is 19.4 Å². The number of carboxylic acids is 1. The highest BCUT2D eigenvalue weighted by Gasteiger charge is 2.34. The molecule has 0 spiro atoms. The Kier molecular flexibility index (Phi) is 12.6. The lowest BCUT2D eigenvalue weighted by molar-refractivity contribution is -0.147. The molecule has 1 atom stereocenters. The summed E-state index contributed by atoms with van der Waals surface area (Å²) >= 11 is 0. The molecule has 2 aromatic carbocycles. The largest absolute Gasteiger partial charge is 0.480 e. The summed E-state index contributed by atoms with van der Waals surface area (Å²) < 4.78 is 6.08. The number of hydrogen-bond acceptors (Lipinski definition) is 6. The molecule has 3 aliphatic rings. The molecule has 0 aromatic heterocycles. The van der Waals surface area contributed by atoms with E-state index >= 15 is 0 Å². The number of amides is 1. The number of guanidine groups is 1.